The maximum absolute atomic E-state index is 6.43. The Kier molecular flexibility index (Phi) is 3.96. The van der Waals surface area contributed by atoms with Gasteiger partial charge in [-0.15, -0.1) is 0 Å². The number of morpholine rings is 1. The molecule has 0 saturated carbocycles. The van der Waals surface area contributed by atoms with E-state index in [2.05, 4.69) is 30.9 Å². The first-order valence-electron chi connectivity index (χ1n) is 7.52. The fourth-order valence-corrected chi connectivity index (χ4v) is 3.01. The summed E-state index contributed by atoms with van der Waals surface area (Å²) in [4.78, 5) is 2.44. The molecule has 1 aromatic carbocycles. The van der Waals surface area contributed by atoms with Crippen LogP contribution in [0.4, 0.5) is 0 Å². The van der Waals surface area contributed by atoms with Gasteiger partial charge in [0.1, 0.15) is 5.75 Å². The minimum atomic E-state index is -0.0672. The summed E-state index contributed by atoms with van der Waals surface area (Å²) in [5.74, 6) is 1.01. The second-order valence-electron chi connectivity index (χ2n) is 5.99. The maximum atomic E-state index is 6.43. The van der Waals surface area contributed by atoms with E-state index >= 15 is 0 Å². The molecule has 0 radical (unpaired) electrons. The third-order valence-electron chi connectivity index (χ3n) is 4.35. The highest BCUT2D eigenvalue weighted by Gasteiger charge is 2.28. The zero-order valence-electron chi connectivity index (χ0n) is 12.3. The first-order chi connectivity index (χ1) is 9.65. The van der Waals surface area contributed by atoms with Crippen LogP contribution in [0.2, 0.25) is 0 Å². The molecule has 2 aliphatic rings. The van der Waals surface area contributed by atoms with E-state index in [0.29, 0.717) is 6.04 Å². The van der Waals surface area contributed by atoms with Crippen molar-refractivity contribution in [3.05, 3.63) is 29.3 Å². The highest BCUT2D eigenvalue weighted by atomic mass is 16.5. The normalized spacial score (nSPS) is 24.5. The van der Waals surface area contributed by atoms with Crippen molar-refractivity contribution in [3.8, 4) is 5.75 Å². The fraction of sp³-hybridized carbons (Fsp3) is 0.625. The van der Waals surface area contributed by atoms with E-state index < -0.39 is 0 Å². The number of benzene rings is 1. The third kappa shape index (κ3) is 2.68. The van der Waals surface area contributed by atoms with E-state index in [1.165, 1.54) is 5.56 Å². The molecule has 2 aliphatic heterocycles. The van der Waals surface area contributed by atoms with Crippen molar-refractivity contribution in [2.24, 2.45) is 5.73 Å². The van der Waals surface area contributed by atoms with Gasteiger partial charge >= 0.3 is 0 Å². The molecule has 0 spiro atoms. The number of fused-ring (bicyclic) bond motifs is 1. The second-order valence-corrected chi connectivity index (χ2v) is 5.99. The average Bonchev–Trinajstić information content (AvgIpc) is 2.94. The van der Waals surface area contributed by atoms with Crippen LogP contribution in [0.5, 0.6) is 5.75 Å². The first-order valence-corrected chi connectivity index (χ1v) is 7.52. The van der Waals surface area contributed by atoms with E-state index in [1.807, 2.05) is 6.07 Å². The first kappa shape index (κ1) is 13.9. The smallest absolute Gasteiger partial charge is 0.122 e. The van der Waals surface area contributed by atoms with Gasteiger partial charge < -0.3 is 15.2 Å². The monoisotopic (exact) mass is 276 g/mol. The summed E-state index contributed by atoms with van der Waals surface area (Å²) in [5.41, 5.74) is 8.86. The van der Waals surface area contributed by atoms with Gasteiger partial charge in [-0.1, -0.05) is 12.1 Å². The Morgan fingerprint density at radius 3 is 2.95 bits per heavy atom. The number of hydrogen-bond donors (Lipinski definition) is 1. The summed E-state index contributed by atoms with van der Waals surface area (Å²) < 4.78 is 11.4. The predicted molar refractivity (Wildman–Crippen MR) is 79.0 cm³/mol. The Hall–Kier alpha value is -1.10. The van der Waals surface area contributed by atoms with Gasteiger partial charge in [-0.3, -0.25) is 4.90 Å². The Balaban J connectivity index is 1.73. The molecular formula is C16H24N2O2. The molecule has 20 heavy (non-hydrogen) atoms. The summed E-state index contributed by atoms with van der Waals surface area (Å²) in [7, 11) is 0. The highest BCUT2D eigenvalue weighted by molar-refractivity contribution is 5.41. The molecule has 2 N–H and O–H groups in total. The van der Waals surface area contributed by atoms with Crippen molar-refractivity contribution in [3.63, 3.8) is 0 Å². The predicted octanol–water partition coefficient (Wildman–Crippen LogP) is 1.73. The number of rotatable bonds is 3. The van der Waals surface area contributed by atoms with Crippen molar-refractivity contribution in [1.29, 1.82) is 0 Å². The lowest BCUT2D eigenvalue weighted by Gasteiger charge is -2.38. The van der Waals surface area contributed by atoms with Crippen LogP contribution in [-0.2, 0) is 11.2 Å². The van der Waals surface area contributed by atoms with Gasteiger partial charge in [0, 0.05) is 25.6 Å². The SMILES string of the molecule is CC(C)N1CCOC(C(N)c2ccc3c(c2)CCO3)C1. The van der Waals surface area contributed by atoms with Crippen LogP contribution >= 0.6 is 0 Å². The minimum Gasteiger partial charge on any atom is -0.493 e. The van der Waals surface area contributed by atoms with E-state index in [9.17, 15) is 0 Å². The minimum absolute atomic E-state index is 0.0672. The molecule has 3 rings (SSSR count). The lowest BCUT2D eigenvalue weighted by molar-refractivity contribution is -0.0502. The molecule has 0 amide bonds. The molecule has 2 atom stereocenters. The Morgan fingerprint density at radius 2 is 2.15 bits per heavy atom. The van der Waals surface area contributed by atoms with Crippen molar-refractivity contribution in [2.75, 3.05) is 26.3 Å². The summed E-state index contributed by atoms with van der Waals surface area (Å²) >= 11 is 0. The molecule has 0 bridgehead atoms. The fourth-order valence-electron chi connectivity index (χ4n) is 3.01. The number of ether oxygens (including phenoxy) is 2. The standard InChI is InChI=1S/C16H24N2O2/c1-11(2)18-6-8-20-15(10-18)16(17)13-3-4-14-12(9-13)5-7-19-14/h3-4,9,11,15-16H,5-8,10,17H2,1-2H3. The van der Waals surface area contributed by atoms with Crippen LogP contribution in [0, 0.1) is 0 Å². The van der Waals surface area contributed by atoms with Crippen molar-refractivity contribution in [1.82, 2.24) is 4.90 Å². The second kappa shape index (κ2) is 5.72. The summed E-state index contributed by atoms with van der Waals surface area (Å²) in [6.45, 7) is 7.91. The van der Waals surface area contributed by atoms with Gasteiger partial charge in [0.05, 0.1) is 25.4 Å². The molecule has 1 fully saturated rings. The van der Waals surface area contributed by atoms with Crippen LogP contribution in [-0.4, -0.2) is 43.3 Å². The zero-order valence-corrected chi connectivity index (χ0v) is 12.3. The van der Waals surface area contributed by atoms with Crippen LogP contribution in [0.15, 0.2) is 18.2 Å². The Bertz CT molecular complexity index is 476. The largest absolute Gasteiger partial charge is 0.493 e. The molecule has 0 aliphatic carbocycles. The lowest BCUT2D eigenvalue weighted by Crippen LogP contribution is -2.49. The van der Waals surface area contributed by atoms with Crippen LogP contribution in [0.3, 0.4) is 0 Å². The van der Waals surface area contributed by atoms with Gasteiger partial charge in [-0.25, -0.2) is 0 Å². The molecule has 2 unspecified atom stereocenters. The Morgan fingerprint density at radius 1 is 1.30 bits per heavy atom. The van der Waals surface area contributed by atoms with Crippen LogP contribution in [0.25, 0.3) is 0 Å². The van der Waals surface area contributed by atoms with Crippen LogP contribution in [0.1, 0.15) is 31.0 Å². The van der Waals surface area contributed by atoms with Crippen molar-refractivity contribution >= 4 is 0 Å². The number of nitrogens with zero attached hydrogens (tertiary/aromatic N) is 1. The van der Waals surface area contributed by atoms with E-state index in [0.717, 1.165) is 44.0 Å². The molecule has 1 aromatic rings. The van der Waals surface area contributed by atoms with Crippen LogP contribution < -0.4 is 10.5 Å². The van der Waals surface area contributed by atoms with Crippen molar-refractivity contribution < 1.29 is 9.47 Å². The van der Waals surface area contributed by atoms with E-state index in [1.54, 1.807) is 0 Å². The third-order valence-corrected chi connectivity index (χ3v) is 4.35. The summed E-state index contributed by atoms with van der Waals surface area (Å²) in [5, 5.41) is 0. The Labute approximate surface area is 120 Å². The van der Waals surface area contributed by atoms with Gasteiger partial charge in [0.25, 0.3) is 0 Å². The average molecular weight is 276 g/mol. The molecule has 0 aromatic heterocycles. The van der Waals surface area contributed by atoms with Gasteiger partial charge in [-0.05, 0) is 31.0 Å². The van der Waals surface area contributed by atoms with E-state index in [4.69, 9.17) is 15.2 Å². The van der Waals surface area contributed by atoms with E-state index in [-0.39, 0.29) is 12.1 Å². The zero-order chi connectivity index (χ0) is 14.1. The molecule has 2 heterocycles. The lowest BCUT2D eigenvalue weighted by atomic mass is 9.98. The quantitative estimate of drug-likeness (QED) is 0.913. The molecule has 110 valence electrons. The number of hydrogen-bond acceptors (Lipinski definition) is 4. The molecule has 1 saturated heterocycles. The number of nitrogens with two attached hydrogens (primary N) is 1. The summed E-state index contributed by atoms with van der Waals surface area (Å²) in [6.07, 6.45) is 1.06. The molecule has 4 nitrogen and oxygen atoms in total. The van der Waals surface area contributed by atoms with Gasteiger partial charge in [-0.2, -0.15) is 0 Å². The molecular weight excluding hydrogens is 252 g/mol. The van der Waals surface area contributed by atoms with Gasteiger partial charge in [0.2, 0.25) is 0 Å². The highest BCUT2D eigenvalue weighted by Crippen LogP contribution is 2.29. The van der Waals surface area contributed by atoms with Crippen molar-refractivity contribution in [2.45, 2.75) is 38.5 Å². The molecule has 4 heteroatoms. The topological polar surface area (TPSA) is 47.7 Å². The maximum Gasteiger partial charge on any atom is 0.122 e. The van der Waals surface area contributed by atoms with Gasteiger partial charge in [0.15, 0.2) is 0 Å². The summed E-state index contributed by atoms with van der Waals surface area (Å²) in [6, 6.07) is 6.78.